The summed E-state index contributed by atoms with van der Waals surface area (Å²) in [4.78, 5) is 26.7. The molecule has 0 saturated carbocycles. The molecule has 9 nitrogen and oxygen atoms in total. The van der Waals surface area contributed by atoms with Gasteiger partial charge >= 0.3 is 0 Å². The van der Waals surface area contributed by atoms with Crippen LogP contribution in [-0.2, 0) is 20.0 Å². The Kier molecular flexibility index (Phi) is 4.73. The predicted octanol–water partition coefficient (Wildman–Crippen LogP) is 2.69. The Labute approximate surface area is 183 Å². The number of rotatable bonds is 4. The molecule has 0 saturated heterocycles. The van der Waals surface area contributed by atoms with E-state index in [0.29, 0.717) is 5.56 Å². The van der Waals surface area contributed by atoms with Gasteiger partial charge in [-0.15, -0.1) is 0 Å². The van der Waals surface area contributed by atoms with Gasteiger partial charge in [-0.05, 0) is 48.9 Å². The summed E-state index contributed by atoms with van der Waals surface area (Å²) in [6, 6.07) is 8.70. The highest BCUT2D eigenvalue weighted by Crippen LogP contribution is 2.39. The number of hydrogen-bond donors (Lipinski definition) is 2. The quantitative estimate of drug-likeness (QED) is 0.334. The third-order valence-corrected chi connectivity index (χ3v) is 7.43. The summed E-state index contributed by atoms with van der Waals surface area (Å²) in [6.45, 7) is 4.87. The first-order valence-corrected chi connectivity index (χ1v) is 12.1. The van der Waals surface area contributed by atoms with Gasteiger partial charge in [0.1, 0.15) is 0 Å². The van der Waals surface area contributed by atoms with Crippen LogP contribution in [0.2, 0.25) is 0 Å². The van der Waals surface area contributed by atoms with Gasteiger partial charge in [-0.2, -0.15) is 8.42 Å². The Morgan fingerprint density at radius 3 is 2.19 bits per heavy atom. The van der Waals surface area contributed by atoms with E-state index in [1.165, 1.54) is 24.3 Å². The minimum atomic E-state index is -4.70. The van der Waals surface area contributed by atoms with Crippen molar-refractivity contribution < 1.29 is 31.0 Å². The van der Waals surface area contributed by atoms with Crippen molar-refractivity contribution in [2.24, 2.45) is 0 Å². The summed E-state index contributed by atoms with van der Waals surface area (Å²) in [5, 5.41) is 1.03. The van der Waals surface area contributed by atoms with Crippen LogP contribution in [0.1, 0.15) is 26.3 Å². The predicted molar refractivity (Wildman–Crippen MR) is 118 cm³/mol. The highest BCUT2D eigenvalue weighted by atomic mass is 32.2. The van der Waals surface area contributed by atoms with Crippen LogP contribution < -0.4 is 10.6 Å². The van der Waals surface area contributed by atoms with Gasteiger partial charge in [-0.1, -0.05) is 12.6 Å². The molecule has 0 aromatic heterocycles. The Bertz CT molecular complexity index is 1590. The van der Waals surface area contributed by atoms with Gasteiger partial charge in [0.2, 0.25) is 0 Å². The minimum absolute atomic E-state index is 0.0338. The first-order valence-electron chi connectivity index (χ1n) is 9.07. The minimum Gasteiger partial charge on any atom is -0.398 e. The van der Waals surface area contributed by atoms with Crippen LogP contribution in [-0.4, -0.2) is 33.2 Å². The lowest BCUT2D eigenvalue weighted by molar-refractivity contribution is 0.0893. The van der Waals surface area contributed by atoms with E-state index >= 15 is 0 Å². The standard InChI is InChI=1S/C21H16N2O7S2/c1-3-31(26,27)13-6-4-5-12(8-13)23-20(24)16-7-11(2)19(22)15-9-14(32(28,29)30)10-17(18(15)16)21(23)25/h3-10H,1,22H2,2H3,(H,28,29,30). The maximum absolute atomic E-state index is 13.3. The summed E-state index contributed by atoms with van der Waals surface area (Å²) >= 11 is 0. The number of hydrogen-bond acceptors (Lipinski definition) is 7. The molecule has 0 atom stereocenters. The normalized spacial score (nSPS) is 14.1. The number of imide groups is 1. The average molecular weight is 473 g/mol. The lowest BCUT2D eigenvalue weighted by Gasteiger charge is -2.28. The lowest BCUT2D eigenvalue weighted by Crippen LogP contribution is -2.40. The molecular weight excluding hydrogens is 456 g/mol. The number of aryl methyl sites for hydroxylation is 1. The van der Waals surface area contributed by atoms with E-state index < -0.39 is 36.7 Å². The fraction of sp³-hybridized carbons (Fsp3) is 0.0476. The second kappa shape index (κ2) is 6.99. The number of nitrogens with two attached hydrogens (primary N) is 1. The van der Waals surface area contributed by atoms with Gasteiger partial charge in [-0.25, -0.2) is 13.3 Å². The number of amides is 2. The molecule has 164 valence electrons. The zero-order valence-corrected chi connectivity index (χ0v) is 18.2. The van der Waals surface area contributed by atoms with E-state index in [-0.39, 0.29) is 38.2 Å². The first kappa shape index (κ1) is 21.7. The zero-order chi connectivity index (χ0) is 23.6. The summed E-state index contributed by atoms with van der Waals surface area (Å²) < 4.78 is 57.5. The largest absolute Gasteiger partial charge is 0.398 e. The van der Waals surface area contributed by atoms with Crippen LogP contribution in [0.4, 0.5) is 11.4 Å². The fourth-order valence-corrected chi connectivity index (χ4v) is 4.93. The maximum atomic E-state index is 13.3. The third-order valence-electron chi connectivity index (χ3n) is 5.25. The highest BCUT2D eigenvalue weighted by Gasteiger charge is 2.36. The third kappa shape index (κ3) is 3.18. The van der Waals surface area contributed by atoms with Crippen LogP contribution in [0.3, 0.4) is 0 Å². The summed E-state index contributed by atoms with van der Waals surface area (Å²) in [6.07, 6.45) is 0. The summed E-state index contributed by atoms with van der Waals surface area (Å²) in [7, 11) is -8.54. The topological polar surface area (TPSA) is 152 Å². The van der Waals surface area contributed by atoms with E-state index in [0.717, 1.165) is 28.5 Å². The molecule has 1 aliphatic heterocycles. The fourth-order valence-electron chi connectivity index (χ4n) is 3.65. The zero-order valence-electron chi connectivity index (χ0n) is 16.6. The van der Waals surface area contributed by atoms with Crippen molar-refractivity contribution in [3.63, 3.8) is 0 Å². The van der Waals surface area contributed by atoms with Crippen LogP contribution >= 0.6 is 0 Å². The molecular formula is C21H16N2O7S2. The smallest absolute Gasteiger partial charge is 0.294 e. The molecule has 2 amide bonds. The molecule has 1 aliphatic rings. The van der Waals surface area contributed by atoms with E-state index in [4.69, 9.17) is 5.73 Å². The summed E-state index contributed by atoms with van der Waals surface area (Å²) in [5.74, 6) is -1.63. The molecule has 0 aliphatic carbocycles. The van der Waals surface area contributed by atoms with Crippen molar-refractivity contribution in [2.75, 3.05) is 10.6 Å². The number of anilines is 2. The molecule has 4 rings (SSSR count). The summed E-state index contributed by atoms with van der Waals surface area (Å²) in [5.41, 5.74) is 6.57. The Morgan fingerprint density at radius 1 is 0.969 bits per heavy atom. The molecule has 3 aromatic carbocycles. The van der Waals surface area contributed by atoms with Crippen molar-refractivity contribution in [1.29, 1.82) is 0 Å². The first-order chi connectivity index (χ1) is 14.9. The van der Waals surface area contributed by atoms with E-state index in [1.54, 1.807) is 6.92 Å². The molecule has 3 N–H and O–H groups in total. The number of carbonyl (C=O) groups is 2. The maximum Gasteiger partial charge on any atom is 0.294 e. The van der Waals surface area contributed by atoms with Gasteiger partial charge < -0.3 is 5.73 Å². The molecule has 3 aromatic rings. The van der Waals surface area contributed by atoms with E-state index in [1.807, 2.05) is 0 Å². The number of nitrogen functional groups attached to an aromatic ring is 1. The van der Waals surface area contributed by atoms with Gasteiger partial charge in [0.05, 0.1) is 21.0 Å². The number of nitrogens with zero attached hydrogens (tertiary/aromatic N) is 1. The van der Waals surface area contributed by atoms with Crippen molar-refractivity contribution in [2.45, 2.75) is 16.7 Å². The molecule has 0 bridgehead atoms. The molecule has 0 spiro atoms. The Hall–Kier alpha value is -3.54. The molecule has 0 fully saturated rings. The van der Waals surface area contributed by atoms with Gasteiger partial charge in [-0.3, -0.25) is 14.1 Å². The SMILES string of the molecule is C=CS(=O)(=O)c1cccc(N2C(=O)c3cc(S(=O)(=O)O)cc4c(N)c(C)cc(c34)C2=O)c1. The van der Waals surface area contributed by atoms with Crippen molar-refractivity contribution in [3.8, 4) is 0 Å². The molecule has 0 unspecified atom stereocenters. The van der Waals surface area contributed by atoms with Gasteiger partial charge in [0.15, 0.2) is 9.84 Å². The second-order valence-corrected chi connectivity index (χ2v) is 10.5. The van der Waals surface area contributed by atoms with Crippen molar-refractivity contribution in [1.82, 2.24) is 0 Å². The Morgan fingerprint density at radius 2 is 1.59 bits per heavy atom. The highest BCUT2D eigenvalue weighted by molar-refractivity contribution is 7.94. The van der Waals surface area contributed by atoms with Crippen molar-refractivity contribution >= 4 is 53.9 Å². The number of sulfone groups is 1. The lowest BCUT2D eigenvalue weighted by atomic mass is 9.91. The van der Waals surface area contributed by atoms with Gasteiger partial charge in [0, 0.05) is 27.4 Å². The van der Waals surface area contributed by atoms with Crippen LogP contribution in [0.15, 0.2) is 64.2 Å². The van der Waals surface area contributed by atoms with Crippen LogP contribution in [0.25, 0.3) is 10.8 Å². The molecule has 32 heavy (non-hydrogen) atoms. The van der Waals surface area contributed by atoms with Crippen LogP contribution in [0.5, 0.6) is 0 Å². The van der Waals surface area contributed by atoms with E-state index in [9.17, 15) is 31.0 Å². The van der Waals surface area contributed by atoms with Gasteiger partial charge in [0.25, 0.3) is 21.9 Å². The number of benzene rings is 3. The number of carbonyl (C=O) groups excluding carboxylic acids is 2. The molecule has 1 heterocycles. The molecule has 0 radical (unpaired) electrons. The Balaban J connectivity index is 2.05. The molecule has 11 heteroatoms. The van der Waals surface area contributed by atoms with Crippen LogP contribution in [0, 0.1) is 6.92 Å². The monoisotopic (exact) mass is 472 g/mol. The van der Waals surface area contributed by atoms with Crippen molar-refractivity contribution in [3.05, 3.63) is 71.1 Å². The second-order valence-electron chi connectivity index (χ2n) is 7.18. The average Bonchev–Trinajstić information content (AvgIpc) is 2.74. The van der Waals surface area contributed by atoms with E-state index in [2.05, 4.69) is 6.58 Å².